The molecule has 0 bridgehead atoms. The summed E-state index contributed by atoms with van der Waals surface area (Å²) in [7, 11) is 3.39. The molecule has 0 aliphatic carbocycles. The molecule has 26 heavy (non-hydrogen) atoms. The van der Waals surface area contributed by atoms with Crippen LogP contribution < -0.4 is 10.2 Å². The first kappa shape index (κ1) is 19.5. The number of hydrogen-bond acceptors (Lipinski definition) is 2. The van der Waals surface area contributed by atoms with Crippen molar-refractivity contribution >= 4 is 17.5 Å². The first-order chi connectivity index (χ1) is 12.3. The first-order valence-electron chi connectivity index (χ1n) is 8.18. The SMILES string of the molecule is CN(Cc1ccc(F)cc1)C(=O)C[NH+](C)CC(=O)Nc1cccc(F)c1. The highest BCUT2D eigenvalue weighted by Gasteiger charge is 2.17. The maximum atomic E-state index is 13.1. The molecule has 1 atom stereocenters. The van der Waals surface area contributed by atoms with Crippen LogP contribution in [0.2, 0.25) is 0 Å². The zero-order valence-electron chi connectivity index (χ0n) is 14.8. The second kappa shape index (κ2) is 9.05. The molecule has 2 N–H and O–H groups in total. The minimum Gasteiger partial charge on any atom is -0.337 e. The number of anilines is 1. The van der Waals surface area contributed by atoms with E-state index in [1.807, 2.05) is 0 Å². The predicted molar refractivity (Wildman–Crippen MR) is 94.5 cm³/mol. The maximum Gasteiger partial charge on any atom is 0.279 e. The van der Waals surface area contributed by atoms with E-state index < -0.39 is 5.82 Å². The Morgan fingerprint density at radius 1 is 1.04 bits per heavy atom. The van der Waals surface area contributed by atoms with Gasteiger partial charge in [0, 0.05) is 19.3 Å². The van der Waals surface area contributed by atoms with E-state index in [1.54, 1.807) is 32.3 Å². The van der Waals surface area contributed by atoms with Crippen molar-refractivity contribution in [3.05, 3.63) is 65.7 Å². The van der Waals surface area contributed by atoms with Crippen molar-refractivity contribution in [2.45, 2.75) is 6.54 Å². The fourth-order valence-corrected chi connectivity index (χ4v) is 2.45. The van der Waals surface area contributed by atoms with Crippen LogP contribution in [0, 0.1) is 11.6 Å². The van der Waals surface area contributed by atoms with Crippen LogP contribution >= 0.6 is 0 Å². The maximum absolute atomic E-state index is 13.1. The molecular weight excluding hydrogens is 340 g/mol. The van der Waals surface area contributed by atoms with E-state index in [-0.39, 0.29) is 30.7 Å². The fraction of sp³-hybridized carbons (Fsp3) is 0.263. The molecule has 0 aromatic heterocycles. The molecule has 138 valence electrons. The number of carbonyl (C=O) groups is 2. The summed E-state index contributed by atoms with van der Waals surface area (Å²) >= 11 is 0. The van der Waals surface area contributed by atoms with Gasteiger partial charge in [-0.3, -0.25) is 9.59 Å². The van der Waals surface area contributed by atoms with Gasteiger partial charge in [-0.15, -0.1) is 0 Å². The van der Waals surface area contributed by atoms with E-state index >= 15 is 0 Å². The molecule has 0 heterocycles. The van der Waals surface area contributed by atoms with Crippen molar-refractivity contribution in [3.63, 3.8) is 0 Å². The largest absolute Gasteiger partial charge is 0.337 e. The van der Waals surface area contributed by atoms with Gasteiger partial charge in [0.25, 0.3) is 11.8 Å². The molecule has 7 heteroatoms. The molecule has 0 fully saturated rings. The number of quaternary nitrogens is 1. The number of carbonyl (C=O) groups excluding carboxylic acids is 2. The second-order valence-corrected chi connectivity index (χ2v) is 6.25. The van der Waals surface area contributed by atoms with E-state index in [9.17, 15) is 18.4 Å². The van der Waals surface area contributed by atoms with Gasteiger partial charge in [0.15, 0.2) is 13.1 Å². The smallest absolute Gasteiger partial charge is 0.279 e. The number of nitrogens with zero attached hydrogens (tertiary/aromatic N) is 1. The number of amides is 2. The second-order valence-electron chi connectivity index (χ2n) is 6.25. The summed E-state index contributed by atoms with van der Waals surface area (Å²) in [5.74, 6) is -1.19. The molecule has 2 aromatic rings. The molecule has 2 rings (SSSR count). The molecule has 0 saturated heterocycles. The molecule has 0 saturated carbocycles. The Hall–Kier alpha value is -2.80. The Kier molecular flexibility index (Phi) is 6.80. The lowest BCUT2D eigenvalue weighted by Crippen LogP contribution is -3.11. The van der Waals surface area contributed by atoms with Crippen molar-refractivity contribution in [1.29, 1.82) is 0 Å². The van der Waals surface area contributed by atoms with Gasteiger partial charge >= 0.3 is 0 Å². The third-order valence-corrected chi connectivity index (χ3v) is 3.78. The van der Waals surface area contributed by atoms with Gasteiger partial charge in [0.05, 0.1) is 7.05 Å². The van der Waals surface area contributed by atoms with Gasteiger partial charge in [-0.1, -0.05) is 18.2 Å². The van der Waals surface area contributed by atoms with Crippen molar-refractivity contribution in [3.8, 4) is 0 Å². The molecule has 0 aliphatic heterocycles. The first-order valence-corrected chi connectivity index (χ1v) is 8.18. The fourth-order valence-electron chi connectivity index (χ4n) is 2.45. The van der Waals surface area contributed by atoms with E-state index in [0.717, 1.165) is 5.56 Å². The third kappa shape index (κ3) is 6.25. The van der Waals surface area contributed by atoms with Crippen LogP contribution in [-0.4, -0.2) is 43.9 Å². The predicted octanol–water partition coefficient (Wildman–Crippen LogP) is 1.08. The van der Waals surface area contributed by atoms with E-state index in [2.05, 4.69) is 5.32 Å². The average molecular weight is 362 g/mol. The van der Waals surface area contributed by atoms with Crippen molar-refractivity contribution < 1.29 is 23.3 Å². The van der Waals surface area contributed by atoms with Gasteiger partial charge in [0.1, 0.15) is 11.6 Å². The molecular formula is C19H22F2N3O2+. The topological polar surface area (TPSA) is 53.9 Å². The highest BCUT2D eigenvalue weighted by atomic mass is 19.1. The molecule has 0 radical (unpaired) electrons. The third-order valence-electron chi connectivity index (χ3n) is 3.78. The number of likely N-dealkylation sites (N-methyl/N-ethyl adjacent to an activating group) is 2. The van der Waals surface area contributed by atoms with Crippen LogP contribution in [0.3, 0.4) is 0 Å². The summed E-state index contributed by atoms with van der Waals surface area (Å²) in [6, 6.07) is 11.6. The lowest BCUT2D eigenvalue weighted by atomic mass is 10.2. The summed E-state index contributed by atoms with van der Waals surface area (Å²) in [4.78, 5) is 26.5. The number of benzene rings is 2. The summed E-state index contributed by atoms with van der Waals surface area (Å²) in [6.45, 7) is 0.572. The Morgan fingerprint density at radius 2 is 1.73 bits per heavy atom. The van der Waals surface area contributed by atoms with E-state index in [4.69, 9.17) is 0 Å². The molecule has 0 spiro atoms. The molecule has 5 nitrogen and oxygen atoms in total. The molecule has 2 aromatic carbocycles. The van der Waals surface area contributed by atoms with Crippen LogP contribution in [0.15, 0.2) is 48.5 Å². The number of halogens is 2. The Labute approximate surface area is 151 Å². The minimum atomic E-state index is -0.430. The Morgan fingerprint density at radius 3 is 2.38 bits per heavy atom. The zero-order valence-corrected chi connectivity index (χ0v) is 14.8. The van der Waals surface area contributed by atoms with Crippen molar-refractivity contribution in [2.24, 2.45) is 0 Å². The van der Waals surface area contributed by atoms with Gasteiger partial charge in [-0.05, 0) is 35.9 Å². The quantitative estimate of drug-likeness (QED) is 0.774. The van der Waals surface area contributed by atoms with Crippen molar-refractivity contribution in [2.75, 3.05) is 32.5 Å². The summed E-state index contributed by atoms with van der Waals surface area (Å²) in [5.41, 5.74) is 1.20. The molecule has 2 amide bonds. The Bertz CT molecular complexity index is 766. The Balaban J connectivity index is 1.80. The van der Waals surface area contributed by atoms with E-state index in [0.29, 0.717) is 17.1 Å². The van der Waals surface area contributed by atoms with Gasteiger partial charge in [-0.25, -0.2) is 8.78 Å². The van der Waals surface area contributed by atoms with Gasteiger partial charge in [0.2, 0.25) is 0 Å². The zero-order chi connectivity index (χ0) is 19.1. The molecule has 1 unspecified atom stereocenters. The van der Waals surface area contributed by atoms with Crippen LogP contribution in [-0.2, 0) is 16.1 Å². The molecule has 0 aliphatic rings. The number of nitrogens with one attached hydrogen (secondary N) is 2. The summed E-state index contributed by atoms with van der Waals surface area (Å²) < 4.78 is 26.0. The van der Waals surface area contributed by atoms with Crippen molar-refractivity contribution in [1.82, 2.24) is 4.90 Å². The van der Waals surface area contributed by atoms with E-state index in [1.165, 1.54) is 35.2 Å². The van der Waals surface area contributed by atoms with Crippen LogP contribution in [0.25, 0.3) is 0 Å². The minimum absolute atomic E-state index is 0.0760. The highest BCUT2D eigenvalue weighted by Crippen LogP contribution is 2.08. The van der Waals surface area contributed by atoms with Gasteiger partial charge in [-0.2, -0.15) is 0 Å². The summed E-state index contributed by atoms with van der Waals surface area (Å²) in [5, 5.41) is 2.60. The monoisotopic (exact) mass is 362 g/mol. The normalized spacial score (nSPS) is 11.7. The summed E-state index contributed by atoms with van der Waals surface area (Å²) in [6.07, 6.45) is 0. The van der Waals surface area contributed by atoms with Crippen LogP contribution in [0.4, 0.5) is 14.5 Å². The van der Waals surface area contributed by atoms with Crippen LogP contribution in [0.5, 0.6) is 0 Å². The average Bonchev–Trinajstić information content (AvgIpc) is 2.56. The lowest BCUT2D eigenvalue weighted by Gasteiger charge is -2.20. The standard InChI is InChI=1S/C19H21F2N3O2/c1-23(12-18(25)22-17-5-3-4-16(21)10-17)13-19(26)24(2)11-14-6-8-15(20)9-7-14/h3-10H,11-13H2,1-2H3,(H,22,25)/p+1. The van der Waals surface area contributed by atoms with Gasteiger partial charge < -0.3 is 15.1 Å². The number of hydrogen-bond donors (Lipinski definition) is 2. The highest BCUT2D eigenvalue weighted by molar-refractivity contribution is 5.91. The number of rotatable bonds is 7. The lowest BCUT2D eigenvalue weighted by molar-refractivity contribution is -0.862. The van der Waals surface area contributed by atoms with Crippen LogP contribution in [0.1, 0.15) is 5.56 Å².